The Bertz CT molecular complexity index is 617. The van der Waals surface area contributed by atoms with Crippen molar-refractivity contribution in [3.05, 3.63) is 53.9 Å². The fourth-order valence-electron chi connectivity index (χ4n) is 1.56. The Kier molecular flexibility index (Phi) is 3.70. The molecule has 0 radical (unpaired) electrons. The second-order valence-corrected chi connectivity index (χ2v) is 3.75. The molecule has 4 nitrogen and oxygen atoms in total. The Morgan fingerprint density at radius 3 is 2.68 bits per heavy atom. The number of nitrogens with zero attached hydrogens (tertiary/aromatic N) is 1. The van der Waals surface area contributed by atoms with Crippen LogP contribution in [0.4, 0.5) is 20.2 Å². The quantitative estimate of drug-likeness (QED) is 0.895. The maximum Gasteiger partial charge on any atom is 0.257 e. The summed E-state index contributed by atoms with van der Waals surface area (Å²) in [6.45, 7) is 0. The molecule has 19 heavy (non-hydrogen) atoms. The fraction of sp³-hybridized carbons (Fsp3) is 0.0769. The summed E-state index contributed by atoms with van der Waals surface area (Å²) in [5.41, 5.74) is 1.09. The highest BCUT2D eigenvalue weighted by molar-refractivity contribution is 6.07. The number of anilines is 2. The van der Waals surface area contributed by atoms with E-state index < -0.39 is 17.5 Å². The molecule has 0 aliphatic heterocycles. The number of halogens is 2. The van der Waals surface area contributed by atoms with E-state index in [1.165, 1.54) is 24.5 Å². The standard InChI is InChI=1S/C13H11F2N3O/c1-16-12-7-17-5-4-9(12)13(19)18-8-2-3-10(14)11(15)6-8/h2-7,16H,1H3,(H,18,19). The molecule has 1 amide bonds. The van der Waals surface area contributed by atoms with E-state index in [9.17, 15) is 13.6 Å². The highest BCUT2D eigenvalue weighted by Crippen LogP contribution is 2.17. The second kappa shape index (κ2) is 5.43. The van der Waals surface area contributed by atoms with Crippen LogP contribution < -0.4 is 10.6 Å². The van der Waals surface area contributed by atoms with Gasteiger partial charge in [-0.15, -0.1) is 0 Å². The third-order valence-electron chi connectivity index (χ3n) is 2.51. The molecule has 0 unspecified atom stereocenters. The first-order valence-electron chi connectivity index (χ1n) is 5.50. The predicted octanol–water partition coefficient (Wildman–Crippen LogP) is 2.65. The van der Waals surface area contributed by atoms with Gasteiger partial charge in [-0.1, -0.05) is 0 Å². The molecule has 0 saturated heterocycles. The number of rotatable bonds is 3. The third kappa shape index (κ3) is 2.85. The van der Waals surface area contributed by atoms with Crippen molar-refractivity contribution in [3.8, 4) is 0 Å². The number of amides is 1. The summed E-state index contributed by atoms with van der Waals surface area (Å²) in [6.07, 6.45) is 2.97. The summed E-state index contributed by atoms with van der Waals surface area (Å²) in [4.78, 5) is 15.9. The number of nitrogens with one attached hydrogen (secondary N) is 2. The Labute approximate surface area is 108 Å². The van der Waals surface area contributed by atoms with Crippen molar-refractivity contribution in [2.24, 2.45) is 0 Å². The van der Waals surface area contributed by atoms with E-state index >= 15 is 0 Å². The van der Waals surface area contributed by atoms with Gasteiger partial charge in [-0.25, -0.2) is 8.78 Å². The van der Waals surface area contributed by atoms with E-state index in [2.05, 4.69) is 15.6 Å². The molecule has 1 heterocycles. The van der Waals surface area contributed by atoms with E-state index in [4.69, 9.17) is 0 Å². The van der Waals surface area contributed by atoms with Crippen LogP contribution in [0.15, 0.2) is 36.7 Å². The second-order valence-electron chi connectivity index (χ2n) is 3.75. The summed E-state index contributed by atoms with van der Waals surface area (Å²) in [5, 5.41) is 5.31. The average Bonchev–Trinajstić information content (AvgIpc) is 2.43. The van der Waals surface area contributed by atoms with E-state index in [1.54, 1.807) is 7.05 Å². The minimum absolute atomic E-state index is 0.183. The largest absolute Gasteiger partial charge is 0.386 e. The number of pyridine rings is 1. The van der Waals surface area contributed by atoms with Crippen LogP contribution in [0.1, 0.15) is 10.4 Å². The minimum atomic E-state index is -1.01. The van der Waals surface area contributed by atoms with Gasteiger partial charge >= 0.3 is 0 Å². The Hall–Kier alpha value is -2.50. The van der Waals surface area contributed by atoms with Gasteiger partial charge in [0, 0.05) is 25.0 Å². The number of carbonyl (C=O) groups is 1. The summed E-state index contributed by atoms with van der Waals surface area (Å²) in [7, 11) is 1.66. The first kappa shape index (κ1) is 12.9. The normalized spacial score (nSPS) is 10.1. The topological polar surface area (TPSA) is 54.0 Å². The molecule has 0 atom stereocenters. The lowest BCUT2D eigenvalue weighted by atomic mass is 10.2. The zero-order valence-electron chi connectivity index (χ0n) is 10.1. The molecule has 6 heteroatoms. The van der Waals surface area contributed by atoms with Gasteiger partial charge in [0.15, 0.2) is 11.6 Å². The average molecular weight is 263 g/mol. The maximum atomic E-state index is 13.0. The molecule has 2 rings (SSSR count). The highest BCUT2D eigenvalue weighted by atomic mass is 19.2. The van der Waals surface area contributed by atoms with Crippen LogP contribution in [0.2, 0.25) is 0 Å². The van der Waals surface area contributed by atoms with Gasteiger partial charge in [0.05, 0.1) is 17.4 Å². The van der Waals surface area contributed by atoms with E-state index in [0.717, 1.165) is 12.1 Å². The third-order valence-corrected chi connectivity index (χ3v) is 2.51. The number of hydrogen-bond acceptors (Lipinski definition) is 3. The minimum Gasteiger partial charge on any atom is -0.386 e. The van der Waals surface area contributed by atoms with Crippen molar-refractivity contribution in [2.45, 2.75) is 0 Å². The molecule has 0 fully saturated rings. The molecule has 0 aliphatic rings. The molecule has 98 valence electrons. The first-order valence-corrected chi connectivity index (χ1v) is 5.50. The van der Waals surface area contributed by atoms with E-state index in [-0.39, 0.29) is 5.69 Å². The van der Waals surface area contributed by atoms with Gasteiger partial charge in [0.1, 0.15) is 0 Å². The number of carbonyl (C=O) groups excluding carboxylic acids is 1. The highest BCUT2D eigenvalue weighted by Gasteiger charge is 2.11. The lowest BCUT2D eigenvalue weighted by Crippen LogP contribution is -2.14. The molecule has 1 aromatic carbocycles. The summed E-state index contributed by atoms with van der Waals surface area (Å²) in [5.74, 6) is -2.41. The fourth-order valence-corrected chi connectivity index (χ4v) is 1.56. The van der Waals surface area contributed by atoms with Gasteiger partial charge in [-0.05, 0) is 18.2 Å². The van der Waals surface area contributed by atoms with Crippen molar-refractivity contribution in [2.75, 3.05) is 17.7 Å². The number of benzene rings is 1. The van der Waals surface area contributed by atoms with Gasteiger partial charge < -0.3 is 10.6 Å². The summed E-state index contributed by atoms with van der Waals surface area (Å²) < 4.78 is 25.8. The lowest BCUT2D eigenvalue weighted by molar-refractivity contribution is 0.102. The summed E-state index contributed by atoms with van der Waals surface area (Å²) in [6, 6.07) is 4.70. The molecule has 0 spiro atoms. The lowest BCUT2D eigenvalue weighted by Gasteiger charge is -2.09. The molecule has 2 aromatic rings. The zero-order chi connectivity index (χ0) is 13.8. The smallest absolute Gasteiger partial charge is 0.257 e. The van der Waals surface area contributed by atoms with Crippen molar-refractivity contribution in [1.29, 1.82) is 0 Å². The van der Waals surface area contributed by atoms with Crippen LogP contribution in [-0.2, 0) is 0 Å². The van der Waals surface area contributed by atoms with Gasteiger partial charge in [-0.2, -0.15) is 0 Å². The Balaban J connectivity index is 2.23. The van der Waals surface area contributed by atoms with Gasteiger partial charge in [-0.3, -0.25) is 9.78 Å². The van der Waals surface area contributed by atoms with Crippen LogP contribution in [0.5, 0.6) is 0 Å². The molecule has 0 bridgehead atoms. The molecule has 0 saturated carbocycles. The van der Waals surface area contributed by atoms with E-state index in [1.807, 2.05) is 0 Å². The SMILES string of the molecule is CNc1cnccc1C(=O)Nc1ccc(F)c(F)c1. The Morgan fingerprint density at radius 2 is 2.00 bits per heavy atom. The van der Waals surface area contributed by atoms with Crippen LogP contribution in [0.3, 0.4) is 0 Å². The molecular formula is C13H11F2N3O. The van der Waals surface area contributed by atoms with Crippen molar-refractivity contribution in [1.82, 2.24) is 4.98 Å². The molecule has 1 aromatic heterocycles. The van der Waals surface area contributed by atoms with Gasteiger partial charge in [0.2, 0.25) is 0 Å². The van der Waals surface area contributed by atoms with Crippen molar-refractivity contribution >= 4 is 17.3 Å². The van der Waals surface area contributed by atoms with E-state index in [0.29, 0.717) is 11.3 Å². The van der Waals surface area contributed by atoms with Crippen molar-refractivity contribution in [3.63, 3.8) is 0 Å². The predicted molar refractivity (Wildman–Crippen MR) is 68.1 cm³/mol. The zero-order valence-corrected chi connectivity index (χ0v) is 10.1. The van der Waals surface area contributed by atoms with Crippen LogP contribution in [-0.4, -0.2) is 17.9 Å². The van der Waals surface area contributed by atoms with Crippen molar-refractivity contribution < 1.29 is 13.6 Å². The number of hydrogen-bond donors (Lipinski definition) is 2. The van der Waals surface area contributed by atoms with Gasteiger partial charge in [0.25, 0.3) is 5.91 Å². The molecule has 0 aliphatic carbocycles. The summed E-state index contributed by atoms with van der Waals surface area (Å²) >= 11 is 0. The van der Waals surface area contributed by atoms with Crippen LogP contribution in [0.25, 0.3) is 0 Å². The number of aromatic nitrogens is 1. The molecular weight excluding hydrogens is 252 g/mol. The first-order chi connectivity index (χ1) is 9.11. The monoisotopic (exact) mass is 263 g/mol. The van der Waals surface area contributed by atoms with Crippen LogP contribution in [0, 0.1) is 11.6 Å². The Morgan fingerprint density at radius 1 is 1.21 bits per heavy atom. The molecule has 2 N–H and O–H groups in total. The van der Waals surface area contributed by atoms with Crippen LogP contribution >= 0.6 is 0 Å². The maximum absolute atomic E-state index is 13.0.